The van der Waals surface area contributed by atoms with Crippen molar-refractivity contribution in [2.75, 3.05) is 0 Å². The number of hydrogen-bond donors (Lipinski definition) is 0. The molecular formula is C14H19N. The van der Waals surface area contributed by atoms with Crippen molar-refractivity contribution in [2.45, 2.75) is 20.8 Å². The Labute approximate surface area is 92.9 Å². The summed E-state index contributed by atoms with van der Waals surface area (Å²) in [5, 5.41) is 0. The van der Waals surface area contributed by atoms with E-state index in [4.69, 9.17) is 0 Å². The lowest BCUT2D eigenvalue weighted by atomic mass is 10.1. The Hall–Kier alpha value is -1.63. The molecule has 0 aromatic heterocycles. The van der Waals surface area contributed by atoms with Crippen molar-refractivity contribution in [3.05, 3.63) is 60.9 Å². The zero-order valence-electron chi connectivity index (χ0n) is 9.83. The van der Waals surface area contributed by atoms with Crippen molar-refractivity contribution in [3.63, 3.8) is 0 Å². The van der Waals surface area contributed by atoms with E-state index in [2.05, 4.69) is 18.2 Å². The highest BCUT2D eigenvalue weighted by atomic mass is 14.7. The van der Waals surface area contributed by atoms with Crippen LogP contribution in [-0.4, -0.2) is 5.71 Å². The maximum Gasteiger partial charge on any atom is 0.0584 e. The van der Waals surface area contributed by atoms with E-state index in [1.807, 2.05) is 45.1 Å². The molecule has 0 amide bonds. The number of hydrogen-bond acceptors (Lipinski definition) is 1. The Morgan fingerprint density at radius 1 is 1.20 bits per heavy atom. The number of nitrogens with zero attached hydrogens (tertiary/aromatic N) is 1. The molecule has 0 aromatic rings. The lowest BCUT2D eigenvalue weighted by molar-refractivity contribution is 1.37. The van der Waals surface area contributed by atoms with Crippen molar-refractivity contribution < 1.29 is 0 Å². The quantitative estimate of drug-likeness (QED) is 0.466. The normalized spacial score (nSPS) is 14.5. The van der Waals surface area contributed by atoms with E-state index in [1.165, 1.54) is 0 Å². The highest BCUT2D eigenvalue weighted by molar-refractivity contribution is 6.01. The molecule has 0 fully saturated rings. The SMILES string of the molecule is C=C/C=C(\C=C/C)C(/C)=N\C(C=C)=C/C. The third-order valence-corrected chi connectivity index (χ3v) is 1.86. The molecule has 0 aliphatic heterocycles. The summed E-state index contributed by atoms with van der Waals surface area (Å²) in [5.74, 6) is 0. The largest absolute Gasteiger partial charge is 0.254 e. The van der Waals surface area contributed by atoms with Crippen molar-refractivity contribution in [1.82, 2.24) is 0 Å². The van der Waals surface area contributed by atoms with E-state index < -0.39 is 0 Å². The van der Waals surface area contributed by atoms with Gasteiger partial charge in [-0.3, -0.25) is 4.99 Å². The van der Waals surface area contributed by atoms with Crippen LogP contribution < -0.4 is 0 Å². The zero-order valence-corrected chi connectivity index (χ0v) is 9.83. The van der Waals surface area contributed by atoms with Gasteiger partial charge in [-0.25, -0.2) is 0 Å². The van der Waals surface area contributed by atoms with E-state index in [-0.39, 0.29) is 0 Å². The van der Waals surface area contributed by atoms with Gasteiger partial charge in [-0.15, -0.1) is 0 Å². The summed E-state index contributed by atoms with van der Waals surface area (Å²) >= 11 is 0. The van der Waals surface area contributed by atoms with Gasteiger partial charge in [0.05, 0.1) is 5.70 Å². The summed E-state index contributed by atoms with van der Waals surface area (Å²) in [6.45, 7) is 13.3. The molecule has 15 heavy (non-hydrogen) atoms. The molecule has 0 atom stereocenters. The van der Waals surface area contributed by atoms with Crippen LogP contribution in [0.3, 0.4) is 0 Å². The minimum Gasteiger partial charge on any atom is -0.254 e. The third-order valence-electron chi connectivity index (χ3n) is 1.86. The van der Waals surface area contributed by atoms with Gasteiger partial charge in [0.2, 0.25) is 0 Å². The number of allylic oxidation sites excluding steroid dienone is 7. The van der Waals surface area contributed by atoms with Crippen molar-refractivity contribution in [2.24, 2.45) is 4.99 Å². The van der Waals surface area contributed by atoms with E-state index in [9.17, 15) is 0 Å². The standard InChI is InChI=1S/C14H19N/c1-6-10-13(11-7-2)12(5)15-14(8-3)9-4/h6-11H,1,3H2,2,4-5H3/b11-7-,13-10+,14-9-,15-12-. The zero-order chi connectivity index (χ0) is 11.7. The molecule has 0 saturated heterocycles. The molecule has 0 aromatic carbocycles. The van der Waals surface area contributed by atoms with Gasteiger partial charge in [0, 0.05) is 5.71 Å². The van der Waals surface area contributed by atoms with Gasteiger partial charge >= 0.3 is 0 Å². The molecule has 0 N–H and O–H groups in total. The highest BCUT2D eigenvalue weighted by Crippen LogP contribution is 2.06. The molecule has 0 rings (SSSR count). The number of aliphatic imine (C=N–C) groups is 1. The summed E-state index contributed by atoms with van der Waals surface area (Å²) in [4.78, 5) is 4.44. The Balaban J connectivity index is 5.09. The van der Waals surface area contributed by atoms with Crippen LogP contribution in [-0.2, 0) is 0 Å². The first-order chi connectivity index (χ1) is 7.19. The van der Waals surface area contributed by atoms with Crippen LogP contribution in [0.15, 0.2) is 65.9 Å². The predicted molar refractivity (Wildman–Crippen MR) is 70.2 cm³/mol. The molecule has 0 heterocycles. The van der Waals surface area contributed by atoms with Gasteiger partial charge < -0.3 is 0 Å². The van der Waals surface area contributed by atoms with Gasteiger partial charge in [0.1, 0.15) is 0 Å². The summed E-state index contributed by atoms with van der Waals surface area (Å²) in [5.41, 5.74) is 2.90. The smallest absolute Gasteiger partial charge is 0.0584 e. The van der Waals surface area contributed by atoms with Gasteiger partial charge in [-0.1, -0.05) is 43.5 Å². The maximum atomic E-state index is 4.44. The molecule has 0 aliphatic carbocycles. The third kappa shape index (κ3) is 4.96. The molecule has 0 radical (unpaired) electrons. The van der Waals surface area contributed by atoms with Crippen LogP contribution in [0.1, 0.15) is 20.8 Å². The average Bonchev–Trinajstić information content (AvgIpc) is 2.25. The van der Waals surface area contributed by atoms with Gasteiger partial charge in [-0.2, -0.15) is 0 Å². The van der Waals surface area contributed by atoms with Crippen molar-refractivity contribution in [1.29, 1.82) is 0 Å². The second kappa shape index (κ2) is 7.74. The van der Waals surface area contributed by atoms with Gasteiger partial charge in [-0.05, 0) is 32.4 Å². The summed E-state index contributed by atoms with van der Waals surface area (Å²) in [6.07, 6.45) is 11.4. The first kappa shape index (κ1) is 13.4. The summed E-state index contributed by atoms with van der Waals surface area (Å²) in [6, 6.07) is 0. The number of rotatable bonds is 5. The van der Waals surface area contributed by atoms with Crippen LogP contribution >= 0.6 is 0 Å². The molecular weight excluding hydrogens is 182 g/mol. The molecule has 0 aliphatic rings. The molecule has 0 bridgehead atoms. The first-order valence-corrected chi connectivity index (χ1v) is 4.99. The Morgan fingerprint density at radius 2 is 1.87 bits per heavy atom. The molecule has 80 valence electrons. The van der Waals surface area contributed by atoms with Crippen LogP contribution in [0.25, 0.3) is 0 Å². The molecule has 0 spiro atoms. The van der Waals surface area contributed by atoms with Crippen LogP contribution in [0.2, 0.25) is 0 Å². The fourth-order valence-electron chi connectivity index (χ4n) is 1.09. The molecule has 1 heteroatoms. The lowest BCUT2D eigenvalue weighted by Crippen LogP contribution is -1.95. The minimum absolute atomic E-state index is 0.881. The van der Waals surface area contributed by atoms with Crippen molar-refractivity contribution >= 4 is 5.71 Å². The van der Waals surface area contributed by atoms with Crippen LogP contribution in [0.4, 0.5) is 0 Å². The van der Waals surface area contributed by atoms with E-state index >= 15 is 0 Å². The molecule has 1 nitrogen and oxygen atoms in total. The Bertz CT molecular complexity index is 338. The van der Waals surface area contributed by atoms with Gasteiger partial charge in [0.25, 0.3) is 0 Å². The Morgan fingerprint density at radius 3 is 2.27 bits per heavy atom. The lowest BCUT2D eigenvalue weighted by Gasteiger charge is -2.01. The van der Waals surface area contributed by atoms with E-state index in [0.717, 1.165) is 17.0 Å². The fourth-order valence-corrected chi connectivity index (χ4v) is 1.09. The summed E-state index contributed by atoms with van der Waals surface area (Å²) in [7, 11) is 0. The highest BCUT2D eigenvalue weighted by Gasteiger charge is 1.96. The van der Waals surface area contributed by atoms with E-state index in [1.54, 1.807) is 12.2 Å². The summed E-state index contributed by atoms with van der Waals surface area (Å²) < 4.78 is 0. The monoisotopic (exact) mass is 201 g/mol. The topological polar surface area (TPSA) is 12.4 Å². The van der Waals surface area contributed by atoms with E-state index in [0.29, 0.717) is 0 Å². The van der Waals surface area contributed by atoms with Crippen molar-refractivity contribution in [3.8, 4) is 0 Å². The predicted octanol–water partition coefficient (Wildman–Crippen LogP) is 4.23. The fraction of sp³-hybridized carbons (Fsp3) is 0.214. The average molecular weight is 201 g/mol. The second-order valence-electron chi connectivity index (χ2n) is 2.97. The molecule has 0 unspecified atom stereocenters. The Kier molecular flexibility index (Phi) is 6.90. The minimum atomic E-state index is 0.881. The second-order valence-corrected chi connectivity index (χ2v) is 2.97. The first-order valence-electron chi connectivity index (χ1n) is 4.99. The molecule has 0 saturated carbocycles. The van der Waals surface area contributed by atoms with Crippen LogP contribution in [0, 0.1) is 0 Å². The van der Waals surface area contributed by atoms with Crippen LogP contribution in [0.5, 0.6) is 0 Å². The van der Waals surface area contributed by atoms with Gasteiger partial charge in [0.15, 0.2) is 0 Å². The maximum absolute atomic E-state index is 4.44.